The topological polar surface area (TPSA) is 95.0 Å². The number of rotatable bonds is 1. The van der Waals surface area contributed by atoms with E-state index in [9.17, 15) is 14.4 Å². The lowest BCUT2D eigenvalue weighted by Gasteiger charge is -2.24. The second kappa shape index (κ2) is 4.80. The molecular weight excluding hydrogens is 270 g/mol. The predicted octanol–water partition coefficient (Wildman–Crippen LogP) is 1.15. The van der Waals surface area contributed by atoms with Crippen LogP contribution >= 0.6 is 0 Å². The summed E-state index contributed by atoms with van der Waals surface area (Å²) in [5.41, 5.74) is 4.59. The van der Waals surface area contributed by atoms with Crippen LogP contribution in [0.5, 0.6) is 0 Å². The molecule has 1 fully saturated rings. The van der Waals surface area contributed by atoms with Gasteiger partial charge in [-0.1, -0.05) is 6.04 Å². The molecule has 2 N–H and O–H groups in total. The number of benzene rings is 1. The van der Waals surface area contributed by atoms with Gasteiger partial charge in [0.25, 0.3) is 5.56 Å². The minimum atomic E-state index is -2.25. The van der Waals surface area contributed by atoms with Crippen LogP contribution in [-0.4, -0.2) is 21.1 Å². The molecule has 1 aromatic carbocycles. The molecule has 0 aliphatic heterocycles. The van der Waals surface area contributed by atoms with Crippen LogP contribution in [0.2, 0.25) is 0 Å². The Morgan fingerprint density at radius 1 is 1.57 bits per heavy atom. The Bertz CT molecular complexity index is 1020. The van der Waals surface area contributed by atoms with Crippen LogP contribution in [0, 0.1) is 6.90 Å². The van der Waals surface area contributed by atoms with Gasteiger partial charge in [-0.05, 0) is 25.4 Å². The maximum Gasteiger partial charge on any atom is 0.264 e. The van der Waals surface area contributed by atoms with Crippen molar-refractivity contribution in [1.29, 1.82) is 0 Å². The number of carbonyl (C=O) groups excluding carboxylic acids is 2. The molecule has 1 heterocycles. The zero-order chi connectivity index (χ0) is 19.4. The molecule has 0 radical (unpaired) electrons. The highest BCUT2D eigenvalue weighted by atomic mass is 16.2. The fourth-order valence-corrected chi connectivity index (χ4v) is 2.34. The van der Waals surface area contributed by atoms with Crippen LogP contribution in [-0.2, 0) is 9.59 Å². The van der Waals surface area contributed by atoms with E-state index < -0.39 is 49.3 Å². The number of aryl methyl sites for hydroxylation is 1. The third-order valence-corrected chi connectivity index (χ3v) is 3.32. The fraction of sp³-hybridized carbons (Fsp3) is 0.333. The van der Waals surface area contributed by atoms with E-state index in [0.717, 1.165) is 6.07 Å². The summed E-state index contributed by atoms with van der Waals surface area (Å²) in [5.74, 6) is -1.69. The summed E-state index contributed by atoms with van der Waals surface area (Å²) in [5, 5.41) is -0.221. The summed E-state index contributed by atoms with van der Waals surface area (Å²) < 4.78 is 40.1. The van der Waals surface area contributed by atoms with Gasteiger partial charge in [0.1, 0.15) is 11.6 Å². The van der Waals surface area contributed by atoms with Gasteiger partial charge in [-0.25, -0.2) is 4.98 Å². The summed E-state index contributed by atoms with van der Waals surface area (Å²) in [6, 6.07) is -1.72. The van der Waals surface area contributed by atoms with Crippen molar-refractivity contribution in [1.82, 2.24) is 9.55 Å². The molecule has 0 amide bonds. The number of hydrogen-bond acceptors (Lipinski definition) is 5. The van der Waals surface area contributed by atoms with Gasteiger partial charge in [-0.15, -0.1) is 0 Å². The number of carbonyl (C=O) groups is 2. The largest absolute Gasteiger partial charge is 0.398 e. The van der Waals surface area contributed by atoms with E-state index in [1.165, 1.54) is 0 Å². The van der Waals surface area contributed by atoms with Crippen molar-refractivity contribution < 1.29 is 16.4 Å². The summed E-state index contributed by atoms with van der Waals surface area (Å²) in [4.78, 5) is 41.1. The highest BCUT2D eigenvalue weighted by Gasteiger charge is 2.30. The Labute approximate surface area is 127 Å². The van der Waals surface area contributed by atoms with E-state index in [4.69, 9.17) is 12.6 Å². The van der Waals surface area contributed by atoms with E-state index in [0.29, 0.717) is 4.57 Å². The Balaban J connectivity index is 2.39. The van der Waals surface area contributed by atoms with E-state index in [1.807, 2.05) is 0 Å². The van der Waals surface area contributed by atoms with Crippen LogP contribution in [0.3, 0.4) is 0 Å². The number of ketones is 2. The molecule has 21 heavy (non-hydrogen) atoms. The Morgan fingerprint density at radius 3 is 3.14 bits per heavy atom. The molecule has 108 valence electrons. The molecule has 2 aromatic rings. The average Bonchev–Trinajstić information content (AvgIpc) is 2.57. The van der Waals surface area contributed by atoms with Gasteiger partial charge in [0.15, 0.2) is 5.78 Å². The second-order valence-corrected chi connectivity index (χ2v) is 4.68. The standard InChI is InChI=1S/C15H15N3O3/c1-8-17-11-4-2-3-10(16)14(11)15(21)18(8)12-6-5-9(19)7-13(12)20/h2-4,12H,5-7,16H2,1H3/i1D,2D,3D,5D,12D. The minimum Gasteiger partial charge on any atom is -0.398 e. The fourth-order valence-electron chi connectivity index (χ4n) is 2.34. The first-order valence-electron chi connectivity index (χ1n) is 8.99. The number of hydrogen-bond donors (Lipinski definition) is 1. The van der Waals surface area contributed by atoms with Crippen molar-refractivity contribution in [3.63, 3.8) is 0 Å². The number of nitrogens with two attached hydrogens (primary N) is 1. The molecule has 1 aliphatic rings. The summed E-state index contributed by atoms with van der Waals surface area (Å²) >= 11 is 0. The number of nitrogens with zero attached hydrogens (tertiary/aromatic N) is 2. The molecule has 1 aliphatic carbocycles. The third kappa shape index (κ3) is 2.12. The van der Waals surface area contributed by atoms with Crippen molar-refractivity contribution >= 4 is 28.2 Å². The zero-order valence-corrected chi connectivity index (χ0v) is 11.0. The number of fused-ring (bicyclic) bond motifs is 1. The second-order valence-electron chi connectivity index (χ2n) is 4.68. The summed E-state index contributed by atoms with van der Waals surface area (Å²) in [6.07, 6.45) is -2.52. The third-order valence-electron chi connectivity index (χ3n) is 3.32. The van der Waals surface area contributed by atoms with E-state index >= 15 is 0 Å². The maximum absolute atomic E-state index is 13.0. The van der Waals surface area contributed by atoms with Crippen molar-refractivity contribution in [2.75, 3.05) is 5.73 Å². The number of aromatic nitrogens is 2. The molecule has 6 nitrogen and oxygen atoms in total. The van der Waals surface area contributed by atoms with Gasteiger partial charge >= 0.3 is 0 Å². The summed E-state index contributed by atoms with van der Waals surface area (Å²) in [6.45, 7) is -0.536. The minimum absolute atomic E-state index is 0.00245. The Kier molecular flexibility index (Phi) is 1.99. The molecule has 1 saturated carbocycles. The van der Waals surface area contributed by atoms with Gasteiger partial charge in [-0.2, -0.15) is 0 Å². The highest BCUT2D eigenvalue weighted by molar-refractivity contribution is 6.03. The lowest BCUT2D eigenvalue weighted by molar-refractivity contribution is -0.132. The zero-order valence-electron chi connectivity index (χ0n) is 16.0. The van der Waals surface area contributed by atoms with Crippen LogP contribution in [0.4, 0.5) is 5.69 Å². The van der Waals surface area contributed by atoms with Crippen LogP contribution < -0.4 is 11.3 Å². The molecule has 2 unspecified atom stereocenters. The quantitative estimate of drug-likeness (QED) is 0.628. The van der Waals surface area contributed by atoms with E-state index in [-0.39, 0.29) is 34.5 Å². The van der Waals surface area contributed by atoms with Crippen molar-refractivity contribution in [3.05, 3.63) is 34.3 Å². The Morgan fingerprint density at radius 2 is 2.38 bits per heavy atom. The first-order valence-corrected chi connectivity index (χ1v) is 6.21. The number of Topliss-reactive ketones (excluding diaryl/α,β-unsaturated/α-hetero) is 2. The lowest BCUT2D eigenvalue weighted by atomic mass is 9.92. The highest BCUT2D eigenvalue weighted by Crippen LogP contribution is 2.24. The Hall–Kier alpha value is -2.50. The number of anilines is 1. The molecular formula is C15H15N3O3. The van der Waals surface area contributed by atoms with Gasteiger partial charge in [0.2, 0.25) is 0 Å². The first-order chi connectivity index (χ1) is 12.1. The van der Waals surface area contributed by atoms with Crippen molar-refractivity contribution in [3.8, 4) is 0 Å². The van der Waals surface area contributed by atoms with Crippen molar-refractivity contribution in [2.45, 2.75) is 32.2 Å². The van der Waals surface area contributed by atoms with Gasteiger partial charge in [0, 0.05) is 14.8 Å². The van der Waals surface area contributed by atoms with Crippen LogP contribution in [0.25, 0.3) is 10.9 Å². The monoisotopic (exact) mass is 290 g/mol. The molecule has 0 bridgehead atoms. The van der Waals surface area contributed by atoms with Gasteiger partial charge < -0.3 is 5.73 Å². The molecule has 1 aromatic heterocycles. The van der Waals surface area contributed by atoms with Crippen molar-refractivity contribution in [2.24, 2.45) is 0 Å². The average molecular weight is 290 g/mol. The molecule has 6 heteroatoms. The number of nitrogen functional groups attached to an aromatic ring is 1. The van der Waals surface area contributed by atoms with E-state index in [1.54, 1.807) is 0 Å². The molecule has 0 spiro atoms. The maximum atomic E-state index is 13.0. The predicted molar refractivity (Wildman–Crippen MR) is 78.1 cm³/mol. The first kappa shape index (κ1) is 8.71. The summed E-state index contributed by atoms with van der Waals surface area (Å²) in [7, 11) is 0. The normalized spacial score (nSPS) is 29.5. The van der Waals surface area contributed by atoms with Crippen LogP contribution in [0.1, 0.15) is 37.9 Å². The molecule has 0 saturated heterocycles. The lowest BCUT2D eigenvalue weighted by Crippen LogP contribution is -2.36. The van der Waals surface area contributed by atoms with E-state index in [2.05, 4.69) is 4.98 Å². The SMILES string of the molecule is [2H]Cc1nc2cc([2H])c([2H])c(N)c2c(=O)n1C1([2H])CC([2H])C(=O)CC1=O. The molecule has 2 atom stereocenters. The van der Waals surface area contributed by atoms with Gasteiger partial charge in [-0.3, -0.25) is 19.0 Å². The smallest absolute Gasteiger partial charge is 0.264 e. The molecule has 3 rings (SSSR count). The van der Waals surface area contributed by atoms with Gasteiger partial charge in [0.05, 0.1) is 27.5 Å². The van der Waals surface area contributed by atoms with Crippen LogP contribution in [0.15, 0.2) is 22.9 Å².